The van der Waals surface area contributed by atoms with E-state index in [0.717, 1.165) is 6.20 Å². The summed E-state index contributed by atoms with van der Waals surface area (Å²) in [6.45, 7) is 0. The van der Waals surface area contributed by atoms with Crippen molar-refractivity contribution in [1.29, 1.82) is 0 Å². The van der Waals surface area contributed by atoms with Gasteiger partial charge in [0, 0.05) is 17.6 Å². The highest BCUT2D eigenvalue weighted by molar-refractivity contribution is 5.73. The van der Waals surface area contributed by atoms with Crippen LogP contribution in [0.15, 0.2) is 18.5 Å². The smallest absolute Gasteiger partial charge is 0.150 e. The molecule has 49 valence electrons. The van der Waals surface area contributed by atoms with Crippen LogP contribution in [0.1, 0.15) is 0 Å². The van der Waals surface area contributed by atoms with Gasteiger partial charge in [0.1, 0.15) is 11.5 Å². The second-order valence-electron chi connectivity index (χ2n) is 1.97. The average Bonchev–Trinajstić information content (AvgIpc) is 2.33. The van der Waals surface area contributed by atoms with Crippen molar-refractivity contribution in [2.45, 2.75) is 0 Å². The van der Waals surface area contributed by atoms with E-state index in [0.29, 0.717) is 11.0 Å². The second kappa shape index (κ2) is 1.80. The van der Waals surface area contributed by atoms with Crippen LogP contribution in [0.4, 0.5) is 4.39 Å². The fourth-order valence-corrected chi connectivity index (χ4v) is 0.850. The second-order valence-corrected chi connectivity index (χ2v) is 1.97. The number of halogens is 1. The zero-order valence-electron chi connectivity index (χ0n) is 5.06. The van der Waals surface area contributed by atoms with Gasteiger partial charge in [-0.2, -0.15) is 0 Å². The van der Waals surface area contributed by atoms with Gasteiger partial charge in [-0.05, 0) is 6.07 Å². The lowest BCUT2D eigenvalue weighted by atomic mass is 10.3. The number of aromatic nitrogens is 2. The highest BCUT2D eigenvalue weighted by atomic mass is 19.1. The third-order valence-electron chi connectivity index (χ3n) is 1.29. The predicted molar refractivity (Wildman–Crippen MR) is 34.9 cm³/mol. The summed E-state index contributed by atoms with van der Waals surface area (Å²) in [6.07, 6.45) is 2.84. The summed E-state index contributed by atoms with van der Waals surface area (Å²) in [5.74, 6) is -0.424. The summed E-state index contributed by atoms with van der Waals surface area (Å²) in [6, 6.07) is 4.24. The zero-order valence-corrected chi connectivity index (χ0v) is 5.06. The topological polar surface area (TPSA) is 28.7 Å². The van der Waals surface area contributed by atoms with Crippen molar-refractivity contribution in [2.24, 2.45) is 0 Å². The van der Waals surface area contributed by atoms with Crippen molar-refractivity contribution in [3.05, 3.63) is 30.3 Å². The Balaban J connectivity index is 2.86. The molecule has 0 spiro atoms. The molecular formula is C7H4FN2. The molecule has 3 heteroatoms. The Morgan fingerprint density at radius 2 is 2.50 bits per heavy atom. The Morgan fingerprint density at radius 1 is 1.60 bits per heavy atom. The highest BCUT2D eigenvalue weighted by Gasteiger charge is 1.95. The van der Waals surface area contributed by atoms with E-state index in [9.17, 15) is 4.39 Å². The van der Waals surface area contributed by atoms with Gasteiger partial charge in [0.05, 0.1) is 6.20 Å². The van der Waals surface area contributed by atoms with Crippen molar-refractivity contribution >= 4 is 11.0 Å². The lowest BCUT2D eigenvalue weighted by Gasteiger charge is -1.85. The third kappa shape index (κ3) is 0.673. The van der Waals surface area contributed by atoms with Crippen molar-refractivity contribution in [3.63, 3.8) is 0 Å². The average molecular weight is 135 g/mol. The van der Waals surface area contributed by atoms with Gasteiger partial charge in [0.2, 0.25) is 0 Å². The lowest BCUT2D eigenvalue weighted by molar-refractivity contribution is 0.622. The number of fused-ring (bicyclic) bond motifs is 1. The van der Waals surface area contributed by atoms with Crippen LogP contribution >= 0.6 is 0 Å². The van der Waals surface area contributed by atoms with Crippen LogP contribution in [0.3, 0.4) is 0 Å². The van der Waals surface area contributed by atoms with E-state index in [2.05, 4.69) is 16.0 Å². The van der Waals surface area contributed by atoms with Crippen LogP contribution in [0.5, 0.6) is 0 Å². The third-order valence-corrected chi connectivity index (χ3v) is 1.29. The van der Waals surface area contributed by atoms with Gasteiger partial charge in [-0.1, -0.05) is 0 Å². The van der Waals surface area contributed by atoms with Gasteiger partial charge < -0.3 is 4.98 Å². The summed E-state index contributed by atoms with van der Waals surface area (Å²) in [7, 11) is 0. The highest BCUT2D eigenvalue weighted by Crippen LogP contribution is 2.08. The number of hydrogen-bond acceptors (Lipinski definition) is 1. The first kappa shape index (κ1) is 5.41. The standard InChI is InChI=1S/C7H4FN2/c8-6-3-5-1-2-9-7(5)10-4-6/h1-2,4H,(H,9,10). The van der Waals surface area contributed by atoms with Gasteiger partial charge in [-0.15, -0.1) is 0 Å². The summed E-state index contributed by atoms with van der Waals surface area (Å²) in [5, 5.41) is 0.681. The molecule has 0 aliphatic heterocycles. The molecule has 0 atom stereocenters. The molecular weight excluding hydrogens is 131 g/mol. The van der Waals surface area contributed by atoms with Gasteiger partial charge >= 0.3 is 0 Å². The summed E-state index contributed by atoms with van der Waals surface area (Å²) in [5.41, 5.74) is 0.668. The summed E-state index contributed by atoms with van der Waals surface area (Å²) >= 11 is 0. The van der Waals surface area contributed by atoms with Crippen LogP contribution in [0.25, 0.3) is 11.0 Å². The molecule has 0 aliphatic rings. The largest absolute Gasteiger partial charge is 0.346 e. The minimum Gasteiger partial charge on any atom is -0.346 e. The predicted octanol–water partition coefficient (Wildman–Crippen LogP) is 1.50. The normalized spacial score (nSPS) is 10.5. The first-order valence-corrected chi connectivity index (χ1v) is 2.87. The monoisotopic (exact) mass is 135 g/mol. The molecule has 1 radical (unpaired) electrons. The molecule has 0 fully saturated rings. The number of nitrogens with zero attached hydrogens (tertiary/aromatic N) is 1. The first-order valence-electron chi connectivity index (χ1n) is 2.87. The number of aromatic amines is 1. The van der Waals surface area contributed by atoms with Crippen LogP contribution in [0, 0.1) is 11.9 Å². The molecule has 2 nitrogen and oxygen atoms in total. The van der Waals surface area contributed by atoms with E-state index in [1.807, 2.05) is 0 Å². The Labute approximate surface area is 56.7 Å². The lowest BCUT2D eigenvalue weighted by Crippen LogP contribution is -1.78. The number of H-pyrrole nitrogens is 1. The van der Waals surface area contributed by atoms with Gasteiger partial charge in [0.25, 0.3) is 0 Å². The quantitative estimate of drug-likeness (QED) is 0.582. The van der Waals surface area contributed by atoms with Crippen LogP contribution in [-0.4, -0.2) is 9.97 Å². The van der Waals surface area contributed by atoms with Crippen LogP contribution in [0.2, 0.25) is 0 Å². The minimum atomic E-state index is -0.424. The van der Waals surface area contributed by atoms with E-state index in [4.69, 9.17) is 0 Å². The molecule has 2 heterocycles. The molecule has 10 heavy (non-hydrogen) atoms. The molecule has 0 saturated carbocycles. The van der Waals surface area contributed by atoms with Crippen molar-refractivity contribution in [3.8, 4) is 0 Å². The molecule has 1 N–H and O–H groups in total. The van der Waals surface area contributed by atoms with E-state index >= 15 is 0 Å². The molecule has 0 amide bonds. The molecule has 0 aliphatic carbocycles. The summed E-state index contributed by atoms with van der Waals surface area (Å²) in [4.78, 5) is 6.62. The van der Waals surface area contributed by atoms with Crippen LogP contribution < -0.4 is 0 Å². The number of hydrogen-bond donors (Lipinski definition) is 1. The molecule has 2 aromatic rings. The molecule has 0 saturated heterocycles. The fraction of sp³-hybridized carbons (Fsp3) is 0. The SMILES string of the molecule is Fc1[c]c2cc[nH]c2nc1. The molecule has 2 aromatic heterocycles. The van der Waals surface area contributed by atoms with Crippen molar-refractivity contribution in [1.82, 2.24) is 9.97 Å². The molecule has 2 rings (SSSR count). The Kier molecular flexibility index (Phi) is 0.974. The van der Waals surface area contributed by atoms with Gasteiger partial charge in [0.15, 0.2) is 0 Å². The van der Waals surface area contributed by atoms with E-state index in [1.54, 1.807) is 12.3 Å². The maximum atomic E-state index is 12.4. The van der Waals surface area contributed by atoms with E-state index in [1.165, 1.54) is 0 Å². The number of pyridine rings is 1. The molecule has 0 unspecified atom stereocenters. The Bertz CT molecular complexity index is 353. The maximum absolute atomic E-state index is 12.4. The first-order chi connectivity index (χ1) is 4.86. The summed E-state index contributed by atoms with van der Waals surface area (Å²) < 4.78 is 12.4. The van der Waals surface area contributed by atoms with Gasteiger partial charge in [-0.25, -0.2) is 9.37 Å². The van der Waals surface area contributed by atoms with E-state index in [-0.39, 0.29) is 0 Å². The van der Waals surface area contributed by atoms with E-state index < -0.39 is 5.82 Å². The zero-order chi connectivity index (χ0) is 6.97. The Hall–Kier alpha value is -1.38. The number of rotatable bonds is 0. The maximum Gasteiger partial charge on any atom is 0.150 e. The van der Waals surface area contributed by atoms with Crippen LogP contribution in [-0.2, 0) is 0 Å². The minimum absolute atomic E-state index is 0.424. The van der Waals surface area contributed by atoms with Crippen molar-refractivity contribution < 1.29 is 4.39 Å². The van der Waals surface area contributed by atoms with Crippen molar-refractivity contribution in [2.75, 3.05) is 0 Å². The molecule has 0 bridgehead atoms. The fourth-order valence-electron chi connectivity index (χ4n) is 0.850. The number of nitrogens with one attached hydrogen (secondary N) is 1. The molecule has 0 aromatic carbocycles. The Morgan fingerprint density at radius 3 is 3.40 bits per heavy atom. The van der Waals surface area contributed by atoms with Gasteiger partial charge in [-0.3, -0.25) is 0 Å².